The smallest absolute Gasteiger partial charge is 0.373 e. The fraction of sp³-hybridized carbons (Fsp3) is 0.167. The molecule has 2 rings (SSSR count). The maximum absolute atomic E-state index is 11.0. The number of nitro benzene ring substituents is 1. The van der Waals surface area contributed by atoms with E-state index < -0.39 is 10.9 Å². The first kappa shape index (κ1) is 12.7. The van der Waals surface area contributed by atoms with Crippen molar-refractivity contribution in [2.45, 2.75) is 13.8 Å². The number of hydrogen-bond acceptors (Lipinski definition) is 5. The first-order chi connectivity index (χ1) is 8.91. The average Bonchev–Trinajstić information content (AvgIpc) is 2.70. The maximum atomic E-state index is 11.0. The highest BCUT2D eigenvalue weighted by Gasteiger charge is 2.24. The predicted molar refractivity (Wildman–Crippen MR) is 65.0 cm³/mol. The lowest BCUT2D eigenvalue weighted by Gasteiger charge is -2.02. The molecule has 0 saturated heterocycles. The summed E-state index contributed by atoms with van der Waals surface area (Å²) in [6.07, 6.45) is 0. The molecule has 0 atom stereocenters. The largest absolute Gasteiger partial charge is 0.475 e. The molecule has 7 heteroatoms. The third kappa shape index (κ3) is 2.17. The van der Waals surface area contributed by atoms with Gasteiger partial charge in [-0.05, 0) is 19.4 Å². The van der Waals surface area contributed by atoms with Gasteiger partial charge in [0.1, 0.15) is 5.56 Å². The standard InChI is InChI=1S/C12H10N2O5/c1-6-4-3-5-8(14(17)18)9(6)11-13-7(2)10(19-11)12(15)16/h3-5H,1-2H3,(H,15,16). The number of oxazole rings is 1. The molecule has 1 heterocycles. The van der Waals surface area contributed by atoms with Crippen LogP contribution in [0.5, 0.6) is 0 Å². The van der Waals surface area contributed by atoms with Gasteiger partial charge in [0.25, 0.3) is 5.69 Å². The van der Waals surface area contributed by atoms with Crippen LogP contribution in [0.15, 0.2) is 22.6 Å². The van der Waals surface area contributed by atoms with Gasteiger partial charge in [-0.3, -0.25) is 10.1 Å². The number of benzene rings is 1. The molecular formula is C12H10N2O5. The molecule has 1 aromatic heterocycles. The lowest BCUT2D eigenvalue weighted by Crippen LogP contribution is -1.95. The van der Waals surface area contributed by atoms with Gasteiger partial charge in [-0.1, -0.05) is 12.1 Å². The van der Waals surface area contributed by atoms with Crippen LogP contribution in [-0.4, -0.2) is 21.0 Å². The second-order valence-corrected chi connectivity index (χ2v) is 3.96. The Labute approximate surface area is 107 Å². The van der Waals surface area contributed by atoms with Gasteiger partial charge in [0.15, 0.2) is 0 Å². The van der Waals surface area contributed by atoms with Gasteiger partial charge < -0.3 is 9.52 Å². The molecule has 0 aliphatic rings. The van der Waals surface area contributed by atoms with Crippen LogP contribution in [0, 0.1) is 24.0 Å². The Hall–Kier alpha value is -2.70. The van der Waals surface area contributed by atoms with Crippen LogP contribution in [-0.2, 0) is 0 Å². The van der Waals surface area contributed by atoms with Crippen molar-refractivity contribution in [2.24, 2.45) is 0 Å². The number of aromatic carboxylic acids is 1. The van der Waals surface area contributed by atoms with Crippen molar-refractivity contribution in [3.8, 4) is 11.5 Å². The van der Waals surface area contributed by atoms with Gasteiger partial charge in [-0.25, -0.2) is 9.78 Å². The summed E-state index contributed by atoms with van der Waals surface area (Å²) in [5.74, 6) is -1.63. The summed E-state index contributed by atoms with van der Waals surface area (Å²) in [7, 11) is 0. The molecular weight excluding hydrogens is 252 g/mol. The van der Waals surface area contributed by atoms with E-state index in [4.69, 9.17) is 9.52 Å². The lowest BCUT2D eigenvalue weighted by atomic mass is 10.1. The second kappa shape index (κ2) is 4.52. The van der Waals surface area contributed by atoms with Gasteiger partial charge in [-0.15, -0.1) is 0 Å². The van der Waals surface area contributed by atoms with Crippen LogP contribution in [0.1, 0.15) is 21.8 Å². The van der Waals surface area contributed by atoms with Crippen LogP contribution < -0.4 is 0 Å². The van der Waals surface area contributed by atoms with Gasteiger partial charge in [0.05, 0.1) is 10.6 Å². The molecule has 0 unspecified atom stereocenters. The monoisotopic (exact) mass is 262 g/mol. The molecule has 2 aromatic rings. The Balaban J connectivity index is 2.68. The quantitative estimate of drug-likeness (QED) is 0.672. The van der Waals surface area contributed by atoms with Crippen molar-refractivity contribution < 1.29 is 19.2 Å². The normalized spacial score (nSPS) is 10.4. The zero-order chi connectivity index (χ0) is 14.2. The zero-order valence-corrected chi connectivity index (χ0v) is 10.2. The fourth-order valence-electron chi connectivity index (χ4n) is 1.78. The number of carbonyl (C=O) groups is 1. The van der Waals surface area contributed by atoms with Crippen molar-refractivity contribution in [2.75, 3.05) is 0 Å². The number of hydrogen-bond donors (Lipinski definition) is 1. The summed E-state index contributed by atoms with van der Waals surface area (Å²) < 4.78 is 5.12. The van der Waals surface area contributed by atoms with Crippen LogP contribution >= 0.6 is 0 Å². The van der Waals surface area contributed by atoms with E-state index in [1.165, 1.54) is 13.0 Å². The minimum Gasteiger partial charge on any atom is -0.475 e. The average molecular weight is 262 g/mol. The van der Waals surface area contributed by atoms with Crippen molar-refractivity contribution in [3.05, 3.63) is 45.3 Å². The van der Waals surface area contributed by atoms with Crippen molar-refractivity contribution in [3.63, 3.8) is 0 Å². The first-order valence-corrected chi connectivity index (χ1v) is 5.37. The molecule has 0 radical (unpaired) electrons. The minimum atomic E-state index is -1.26. The summed E-state index contributed by atoms with van der Waals surface area (Å²) in [5.41, 5.74) is 0.800. The van der Waals surface area contributed by atoms with E-state index in [2.05, 4.69) is 4.98 Å². The van der Waals surface area contributed by atoms with E-state index >= 15 is 0 Å². The van der Waals surface area contributed by atoms with E-state index in [1.54, 1.807) is 19.1 Å². The highest BCUT2D eigenvalue weighted by molar-refractivity contribution is 5.86. The molecule has 0 fully saturated rings. The predicted octanol–water partition coefficient (Wildman–Crippen LogP) is 2.56. The van der Waals surface area contributed by atoms with E-state index in [0.29, 0.717) is 5.56 Å². The van der Waals surface area contributed by atoms with E-state index in [0.717, 1.165) is 0 Å². The van der Waals surface area contributed by atoms with Gasteiger partial charge in [-0.2, -0.15) is 0 Å². The summed E-state index contributed by atoms with van der Waals surface area (Å²) in [6.45, 7) is 3.14. The van der Waals surface area contributed by atoms with Gasteiger partial charge >= 0.3 is 5.97 Å². The third-order valence-corrected chi connectivity index (χ3v) is 2.65. The lowest BCUT2D eigenvalue weighted by molar-refractivity contribution is -0.384. The fourth-order valence-corrected chi connectivity index (χ4v) is 1.78. The molecule has 0 aliphatic heterocycles. The summed E-state index contributed by atoms with van der Waals surface area (Å²) in [6, 6.07) is 4.54. The molecule has 0 bridgehead atoms. The summed E-state index contributed by atoms with van der Waals surface area (Å²) in [4.78, 5) is 25.3. The Morgan fingerprint density at radius 1 is 1.42 bits per heavy atom. The van der Waals surface area contributed by atoms with E-state index in [1.807, 2.05) is 0 Å². The Kier molecular flexibility index (Phi) is 3.04. The Bertz CT molecular complexity index is 675. The third-order valence-electron chi connectivity index (χ3n) is 2.65. The molecule has 0 saturated carbocycles. The van der Waals surface area contributed by atoms with Crippen LogP contribution in [0.2, 0.25) is 0 Å². The molecule has 1 aromatic carbocycles. The molecule has 0 aliphatic carbocycles. The molecule has 0 spiro atoms. The molecule has 7 nitrogen and oxygen atoms in total. The van der Waals surface area contributed by atoms with E-state index in [-0.39, 0.29) is 28.6 Å². The number of nitro groups is 1. The molecule has 19 heavy (non-hydrogen) atoms. The van der Waals surface area contributed by atoms with Crippen LogP contribution in [0.25, 0.3) is 11.5 Å². The van der Waals surface area contributed by atoms with Crippen LogP contribution in [0.4, 0.5) is 5.69 Å². The van der Waals surface area contributed by atoms with Crippen molar-refractivity contribution in [1.82, 2.24) is 4.98 Å². The highest BCUT2D eigenvalue weighted by atomic mass is 16.6. The molecule has 98 valence electrons. The summed E-state index contributed by atoms with van der Waals surface area (Å²) >= 11 is 0. The summed E-state index contributed by atoms with van der Waals surface area (Å²) in [5, 5.41) is 19.9. The number of rotatable bonds is 3. The molecule has 1 N–H and O–H groups in total. The van der Waals surface area contributed by atoms with E-state index in [9.17, 15) is 14.9 Å². The number of aromatic nitrogens is 1. The number of carboxylic acid groups (broad SMARTS) is 1. The number of aryl methyl sites for hydroxylation is 2. The maximum Gasteiger partial charge on any atom is 0.373 e. The van der Waals surface area contributed by atoms with Gasteiger partial charge in [0, 0.05) is 6.07 Å². The highest BCUT2D eigenvalue weighted by Crippen LogP contribution is 2.33. The Morgan fingerprint density at radius 3 is 2.63 bits per heavy atom. The first-order valence-electron chi connectivity index (χ1n) is 5.37. The van der Waals surface area contributed by atoms with Crippen LogP contribution in [0.3, 0.4) is 0 Å². The van der Waals surface area contributed by atoms with Crippen molar-refractivity contribution >= 4 is 11.7 Å². The number of nitrogens with zero attached hydrogens (tertiary/aromatic N) is 2. The second-order valence-electron chi connectivity index (χ2n) is 3.96. The topological polar surface area (TPSA) is 106 Å². The van der Waals surface area contributed by atoms with Gasteiger partial charge in [0.2, 0.25) is 11.7 Å². The molecule has 0 amide bonds. The van der Waals surface area contributed by atoms with Crippen molar-refractivity contribution in [1.29, 1.82) is 0 Å². The zero-order valence-electron chi connectivity index (χ0n) is 10.2. The minimum absolute atomic E-state index is 0.0558. The Morgan fingerprint density at radius 2 is 2.11 bits per heavy atom. The number of carboxylic acids is 1. The SMILES string of the molecule is Cc1cccc([N+](=O)[O-])c1-c1nc(C)c(C(=O)O)o1.